The molecule has 1 aromatic rings. The van der Waals surface area contributed by atoms with Crippen LogP contribution in [-0.4, -0.2) is 57.9 Å². The Morgan fingerprint density at radius 3 is 2.76 bits per heavy atom. The quantitative estimate of drug-likeness (QED) is 0.692. The van der Waals surface area contributed by atoms with Crippen molar-refractivity contribution >= 4 is 23.6 Å². The van der Waals surface area contributed by atoms with Gasteiger partial charge in [0.05, 0.1) is 12.3 Å². The van der Waals surface area contributed by atoms with Crippen molar-refractivity contribution in [3.05, 3.63) is 6.33 Å². The van der Waals surface area contributed by atoms with E-state index in [4.69, 9.17) is 0 Å². The lowest BCUT2D eigenvalue weighted by Crippen LogP contribution is -2.37. The molecule has 8 heteroatoms. The maximum absolute atomic E-state index is 11.4. The standard InChI is InChI=1S/C9H15N5O2S/c1-13(2)8(16)4-10-7(15)5-17-9-12-11-6-14(9)3/h6H,4-5H2,1-3H3,(H,10,15). The lowest BCUT2D eigenvalue weighted by Gasteiger charge is -2.10. The van der Waals surface area contributed by atoms with Gasteiger partial charge in [0.2, 0.25) is 11.8 Å². The number of likely N-dealkylation sites (N-methyl/N-ethyl adjacent to an activating group) is 1. The number of rotatable bonds is 5. The summed E-state index contributed by atoms with van der Waals surface area (Å²) in [6.07, 6.45) is 1.57. The predicted molar refractivity (Wildman–Crippen MR) is 63.4 cm³/mol. The molecule has 7 nitrogen and oxygen atoms in total. The SMILES string of the molecule is CN(C)C(=O)CNC(=O)CSc1nncn1C. The molecule has 1 heterocycles. The Hall–Kier alpha value is -1.57. The van der Waals surface area contributed by atoms with Gasteiger partial charge in [0, 0.05) is 21.1 Å². The average molecular weight is 257 g/mol. The van der Waals surface area contributed by atoms with Gasteiger partial charge >= 0.3 is 0 Å². The molecule has 2 amide bonds. The average Bonchev–Trinajstić information content (AvgIpc) is 2.68. The highest BCUT2D eigenvalue weighted by Gasteiger charge is 2.09. The molecule has 0 aliphatic rings. The fourth-order valence-corrected chi connectivity index (χ4v) is 1.63. The Labute approximate surface area is 104 Å². The van der Waals surface area contributed by atoms with E-state index < -0.39 is 0 Å². The van der Waals surface area contributed by atoms with Crippen LogP contribution >= 0.6 is 11.8 Å². The van der Waals surface area contributed by atoms with Gasteiger partial charge in [-0.05, 0) is 0 Å². The van der Waals surface area contributed by atoms with Gasteiger partial charge in [-0.3, -0.25) is 9.59 Å². The lowest BCUT2D eigenvalue weighted by molar-refractivity contribution is -0.130. The van der Waals surface area contributed by atoms with Crippen molar-refractivity contribution in [3.8, 4) is 0 Å². The van der Waals surface area contributed by atoms with Crippen molar-refractivity contribution in [2.75, 3.05) is 26.4 Å². The molecular weight excluding hydrogens is 242 g/mol. The molecule has 0 aliphatic carbocycles. The van der Waals surface area contributed by atoms with E-state index in [1.165, 1.54) is 16.7 Å². The maximum Gasteiger partial charge on any atom is 0.241 e. The summed E-state index contributed by atoms with van der Waals surface area (Å²) in [6, 6.07) is 0. The lowest BCUT2D eigenvalue weighted by atomic mass is 10.5. The molecule has 0 saturated carbocycles. The third-order valence-corrected chi connectivity index (χ3v) is 2.97. The second kappa shape index (κ2) is 6.24. The number of aryl methyl sites for hydroxylation is 1. The van der Waals surface area contributed by atoms with Crippen LogP contribution in [0.25, 0.3) is 0 Å². The van der Waals surface area contributed by atoms with E-state index in [1.54, 1.807) is 32.0 Å². The van der Waals surface area contributed by atoms with E-state index in [1.807, 2.05) is 0 Å². The molecule has 0 fully saturated rings. The molecule has 0 atom stereocenters. The predicted octanol–water partition coefficient (Wildman–Crippen LogP) is -0.888. The number of nitrogens with zero attached hydrogens (tertiary/aromatic N) is 4. The van der Waals surface area contributed by atoms with Crippen LogP contribution in [-0.2, 0) is 16.6 Å². The van der Waals surface area contributed by atoms with Crippen molar-refractivity contribution in [2.45, 2.75) is 5.16 Å². The summed E-state index contributed by atoms with van der Waals surface area (Å²) in [6.45, 7) is 0.0191. The molecule has 0 bridgehead atoms. The van der Waals surface area contributed by atoms with Crippen LogP contribution in [0.1, 0.15) is 0 Å². The Morgan fingerprint density at radius 2 is 2.24 bits per heavy atom. The smallest absolute Gasteiger partial charge is 0.241 e. The largest absolute Gasteiger partial charge is 0.347 e. The van der Waals surface area contributed by atoms with Crippen LogP contribution < -0.4 is 5.32 Å². The van der Waals surface area contributed by atoms with Gasteiger partial charge in [-0.2, -0.15) is 0 Å². The number of carbonyl (C=O) groups is 2. The van der Waals surface area contributed by atoms with E-state index in [2.05, 4.69) is 15.5 Å². The first kappa shape index (κ1) is 13.5. The molecule has 0 aliphatic heterocycles. The van der Waals surface area contributed by atoms with Crippen LogP contribution in [0.5, 0.6) is 0 Å². The monoisotopic (exact) mass is 257 g/mol. The molecular formula is C9H15N5O2S. The highest BCUT2D eigenvalue weighted by molar-refractivity contribution is 7.99. The Bertz CT molecular complexity index is 404. The van der Waals surface area contributed by atoms with Crippen LogP contribution in [0.3, 0.4) is 0 Å². The van der Waals surface area contributed by atoms with Crippen molar-refractivity contribution in [3.63, 3.8) is 0 Å². The van der Waals surface area contributed by atoms with Gasteiger partial charge in [0.1, 0.15) is 6.33 Å². The van der Waals surface area contributed by atoms with Crippen LogP contribution in [0.4, 0.5) is 0 Å². The van der Waals surface area contributed by atoms with Crippen molar-refractivity contribution in [1.29, 1.82) is 0 Å². The van der Waals surface area contributed by atoms with Gasteiger partial charge < -0.3 is 14.8 Å². The summed E-state index contributed by atoms with van der Waals surface area (Å²) < 4.78 is 1.73. The minimum absolute atomic E-state index is 0.0191. The molecule has 0 aromatic carbocycles. The number of nitrogens with one attached hydrogen (secondary N) is 1. The Kier molecular flexibility index (Phi) is 4.95. The second-order valence-corrected chi connectivity index (χ2v) is 4.52. The minimum Gasteiger partial charge on any atom is -0.347 e. The van der Waals surface area contributed by atoms with Crippen LogP contribution in [0.2, 0.25) is 0 Å². The summed E-state index contributed by atoms with van der Waals surface area (Å²) in [7, 11) is 5.08. The third kappa shape index (κ3) is 4.43. The van der Waals surface area contributed by atoms with Gasteiger partial charge in [-0.1, -0.05) is 11.8 Å². The number of carbonyl (C=O) groups excluding carboxylic acids is 2. The zero-order valence-electron chi connectivity index (χ0n) is 10.0. The van der Waals surface area contributed by atoms with Crippen LogP contribution in [0.15, 0.2) is 11.5 Å². The summed E-state index contributed by atoms with van der Waals surface area (Å²) in [5, 5.41) is 10.7. The van der Waals surface area contributed by atoms with Crippen LogP contribution in [0, 0.1) is 0 Å². The molecule has 0 unspecified atom stereocenters. The van der Waals surface area contributed by atoms with Crippen molar-refractivity contribution in [1.82, 2.24) is 25.0 Å². The zero-order chi connectivity index (χ0) is 12.8. The van der Waals surface area contributed by atoms with E-state index in [9.17, 15) is 9.59 Å². The summed E-state index contributed by atoms with van der Waals surface area (Å²) in [4.78, 5) is 24.1. The highest BCUT2D eigenvalue weighted by Crippen LogP contribution is 2.12. The number of thioether (sulfide) groups is 1. The molecule has 0 radical (unpaired) electrons. The minimum atomic E-state index is -0.201. The first-order valence-electron chi connectivity index (χ1n) is 4.94. The second-order valence-electron chi connectivity index (χ2n) is 3.58. The summed E-state index contributed by atoms with van der Waals surface area (Å²) >= 11 is 1.27. The highest BCUT2D eigenvalue weighted by atomic mass is 32.2. The molecule has 94 valence electrons. The molecule has 17 heavy (non-hydrogen) atoms. The van der Waals surface area contributed by atoms with E-state index >= 15 is 0 Å². The third-order valence-electron chi connectivity index (χ3n) is 1.94. The molecule has 1 N–H and O–H groups in total. The van der Waals surface area contributed by atoms with E-state index in [0.29, 0.717) is 5.16 Å². The van der Waals surface area contributed by atoms with Gasteiger partial charge in [0.15, 0.2) is 5.16 Å². The van der Waals surface area contributed by atoms with Crippen molar-refractivity contribution < 1.29 is 9.59 Å². The number of aromatic nitrogens is 3. The van der Waals surface area contributed by atoms with Gasteiger partial charge in [0.25, 0.3) is 0 Å². The number of amides is 2. The zero-order valence-corrected chi connectivity index (χ0v) is 10.8. The first-order chi connectivity index (χ1) is 8.00. The van der Waals surface area contributed by atoms with Gasteiger partial charge in [-0.25, -0.2) is 0 Å². The fraction of sp³-hybridized carbons (Fsp3) is 0.556. The number of hydrogen-bond acceptors (Lipinski definition) is 5. The van der Waals surface area contributed by atoms with E-state index in [0.717, 1.165) is 0 Å². The molecule has 0 saturated heterocycles. The first-order valence-corrected chi connectivity index (χ1v) is 5.93. The summed E-state index contributed by atoms with van der Waals surface area (Å²) in [5.41, 5.74) is 0. The molecule has 0 spiro atoms. The number of hydrogen-bond donors (Lipinski definition) is 1. The van der Waals surface area contributed by atoms with Crippen molar-refractivity contribution in [2.24, 2.45) is 7.05 Å². The maximum atomic E-state index is 11.4. The van der Waals surface area contributed by atoms with E-state index in [-0.39, 0.29) is 24.1 Å². The molecule has 1 rings (SSSR count). The topological polar surface area (TPSA) is 80.1 Å². The Morgan fingerprint density at radius 1 is 1.53 bits per heavy atom. The normalized spacial score (nSPS) is 10.1. The Balaban J connectivity index is 2.27. The molecule has 1 aromatic heterocycles. The fourth-order valence-electron chi connectivity index (χ4n) is 0.917. The van der Waals surface area contributed by atoms with Gasteiger partial charge in [-0.15, -0.1) is 10.2 Å². The summed E-state index contributed by atoms with van der Waals surface area (Å²) in [5.74, 6) is -0.122.